The minimum atomic E-state index is -0.216. The van der Waals surface area contributed by atoms with Gasteiger partial charge in [0.1, 0.15) is 0 Å². The van der Waals surface area contributed by atoms with E-state index in [1.54, 1.807) is 24.3 Å². The SMILES string of the molecule is CC(=O)Nc1ccc(NC(=O)C(C)Sc2ccc(Br)cc2)cc1. The van der Waals surface area contributed by atoms with Crippen LogP contribution in [0.5, 0.6) is 0 Å². The van der Waals surface area contributed by atoms with E-state index in [9.17, 15) is 9.59 Å². The first-order valence-corrected chi connectivity index (χ1v) is 8.72. The molecule has 0 fully saturated rings. The lowest BCUT2D eigenvalue weighted by molar-refractivity contribution is -0.115. The molecule has 23 heavy (non-hydrogen) atoms. The number of nitrogens with one attached hydrogen (secondary N) is 2. The molecule has 2 aromatic rings. The van der Waals surface area contributed by atoms with Crippen LogP contribution in [-0.2, 0) is 9.59 Å². The van der Waals surface area contributed by atoms with Gasteiger partial charge in [-0.1, -0.05) is 15.9 Å². The third kappa shape index (κ3) is 5.73. The molecule has 0 aliphatic rings. The topological polar surface area (TPSA) is 58.2 Å². The van der Waals surface area contributed by atoms with Gasteiger partial charge >= 0.3 is 0 Å². The highest BCUT2D eigenvalue weighted by atomic mass is 79.9. The Morgan fingerprint density at radius 3 is 2.00 bits per heavy atom. The van der Waals surface area contributed by atoms with Crippen LogP contribution in [0.25, 0.3) is 0 Å². The van der Waals surface area contributed by atoms with E-state index in [4.69, 9.17) is 0 Å². The molecule has 1 unspecified atom stereocenters. The predicted octanol–water partition coefficient (Wildman–Crippen LogP) is 4.53. The maximum atomic E-state index is 12.2. The first-order chi connectivity index (χ1) is 10.9. The number of thioether (sulfide) groups is 1. The van der Waals surface area contributed by atoms with Gasteiger partial charge in [-0.15, -0.1) is 11.8 Å². The molecular formula is C17H17BrN2O2S. The number of halogens is 1. The van der Waals surface area contributed by atoms with Crippen LogP contribution in [-0.4, -0.2) is 17.1 Å². The Bertz CT molecular complexity index is 687. The largest absolute Gasteiger partial charge is 0.326 e. The van der Waals surface area contributed by atoms with Crippen molar-refractivity contribution in [2.45, 2.75) is 24.0 Å². The van der Waals surface area contributed by atoms with Crippen LogP contribution < -0.4 is 10.6 Å². The fourth-order valence-electron chi connectivity index (χ4n) is 1.85. The summed E-state index contributed by atoms with van der Waals surface area (Å²) in [7, 11) is 0. The van der Waals surface area contributed by atoms with Crippen molar-refractivity contribution in [3.63, 3.8) is 0 Å². The van der Waals surface area contributed by atoms with Crippen LogP contribution in [0.3, 0.4) is 0 Å². The molecule has 2 amide bonds. The summed E-state index contributed by atoms with van der Waals surface area (Å²) in [4.78, 5) is 24.2. The fourth-order valence-corrected chi connectivity index (χ4v) is 2.99. The lowest BCUT2D eigenvalue weighted by atomic mass is 10.2. The maximum Gasteiger partial charge on any atom is 0.237 e. The molecule has 2 aromatic carbocycles. The number of carbonyl (C=O) groups excluding carboxylic acids is 2. The fraction of sp³-hybridized carbons (Fsp3) is 0.176. The number of carbonyl (C=O) groups is 2. The third-order valence-electron chi connectivity index (χ3n) is 2.97. The highest BCUT2D eigenvalue weighted by Crippen LogP contribution is 2.25. The minimum absolute atomic E-state index is 0.0646. The first kappa shape index (κ1) is 17.6. The number of amides is 2. The Morgan fingerprint density at radius 1 is 0.957 bits per heavy atom. The second kappa shape index (κ2) is 8.17. The second-order valence-electron chi connectivity index (χ2n) is 4.96. The van der Waals surface area contributed by atoms with Crippen molar-refractivity contribution >= 4 is 50.9 Å². The van der Waals surface area contributed by atoms with Gasteiger partial charge in [-0.2, -0.15) is 0 Å². The molecule has 0 radical (unpaired) electrons. The van der Waals surface area contributed by atoms with Gasteiger partial charge in [0.2, 0.25) is 11.8 Å². The van der Waals surface area contributed by atoms with Crippen LogP contribution >= 0.6 is 27.7 Å². The summed E-state index contributed by atoms with van der Waals surface area (Å²) in [6.45, 7) is 3.32. The summed E-state index contributed by atoms with van der Waals surface area (Å²) in [6, 6.07) is 14.9. The van der Waals surface area contributed by atoms with Crippen LogP contribution in [0.4, 0.5) is 11.4 Å². The minimum Gasteiger partial charge on any atom is -0.326 e. The van der Waals surface area contributed by atoms with E-state index in [2.05, 4.69) is 26.6 Å². The van der Waals surface area contributed by atoms with Crippen molar-refractivity contribution in [3.05, 3.63) is 53.0 Å². The van der Waals surface area contributed by atoms with Crippen molar-refractivity contribution in [3.8, 4) is 0 Å². The summed E-state index contributed by atoms with van der Waals surface area (Å²) < 4.78 is 1.01. The average molecular weight is 393 g/mol. The third-order valence-corrected chi connectivity index (χ3v) is 4.61. The van der Waals surface area contributed by atoms with Crippen molar-refractivity contribution in [2.75, 3.05) is 10.6 Å². The Kier molecular flexibility index (Phi) is 6.24. The monoisotopic (exact) mass is 392 g/mol. The van der Waals surface area contributed by atoms with Gasteiger partial charge < -0.3 is 10.6 Å². The number of anilines is 2. The Hall–Kier alpha value is -1.79. The Labute approximate surface area is 148 Å². The zero-order chi connectivity index (χ0) is 16.8. The van der Waals surface area contributed by atoms with Crippen LogP contribution in [0.15, 0.2) is 57.9 Å². The van der Waals surface area contributed by atoms with Gasteiger partial charge in [-0.25, -0.2) is 0 Å². The lowest BCUT2D eigenvalue weighted by Crippen LogP contribution is -2.22. The number of benzene rings is 2. The second-order valence-corrected chi connectivity index (χ2v) is 7.29. The summed E-state index contributed by atoms with van der Waals surface area (Å²) in [6.07, 6.45) is 0. The van der Waals surface area contributed by atoms with Gasteiger partial charge in [0, 0.05) is 27.7 Å². The lowest BCUT2D eigenvalue weighted by Gasteiger charge is -2.12. The average Bonchev–Trinajstić information content (AvgIpc) is 2.51. The molecule has 2 rings (SSSR count). The smallest absolute Gasteiger partial charge is 0.237 e. The van der Waals surface area contributed by atoms with E-state index >= 15 is 0 Å². The number of hydrogen-bond donors (Lipinski definition) is 2. The standard InChI is InChI=1S/C17H17BrN2O2S/c1-11(23-16-9-3-13(18)4-10-16)17(22)20-15-7-5-14(6-8-15)19-12(2)21/h3-11H,1-2H3,(H,19,21)(H,20,22). The van der Waals surface area contributed by atoms with E-state index in [-0.39, 0.29) is 17.1 Å². The molecule has 0 heterocycles. The van der Waals surface area contributed by atoms with E-state index in [0.29, 0.717) is 11.4 Å². The summed E-state index contributed by atoms with van der Waals surface area (Å²) in [5.74, 6) is -0.188. The van der Waals surface area contributed by atoms with Gasteiger partial charge in [-0.05, 0) is 55.5 Å². The maximum absolute atomic E-state index is 12.2. The van der Waals surface area contributed by atoms with Crippen molar-refractivity contribution in [2.24, 2.45) is 0 Å². The van der Waals surface area contributed by atoms with E-state index in [1.165, 1.54) is 18.7 Å². The molecule has 0 aliphatic carbocycles. The molecule has 0 aromatic heterocycles. The Balaban J connectivity index is 1.92. The van der Waals surface area contributed by atoms with Crippen molar-refractivity contribution in [1.29, 1.82) is 0 Å². The molecule has 0 aliphatic heterocycles. The summed E-state index contributed by atoms with van der Waals surface area (Å²) in [5.41, 5.74) is 1.40. The molecule has 0 saturated heterocycles. The van der Waals surface area contributed by atoms with Crippen LogP contribution in [0.2, 0.25) is 0 Å². The Morgan fingerprint density at radius 2 is 1.48 bits per heavy atom. The zero-order valence-electron chi connectivity index (χ0n) is 12.8. The molecule has 0 bridgehead atoms. The van der Waals surface area contributed by atoms with Crippen molar-refractivity contribution < 1.29 is 9.59 Å². The molecule has 4 nitrogen and oxygen atoms in total. The van der Waals surface area contributed by atoms with Gasteiger partial charge in [0.15, 0.2) is 0 Å². The van der Waals surface area contributed by atoms with Gasteiger partial charge in [0.05, 0.1) is 5.25 Å². The highest BCUT2D eigenvalue weighted by Gasteiger charge is 2.14. The number of rotatable bonds is 5. The zero-order valence-corrected chi connectivity index (χ0v) is 15.2. The quantitative estimate of drug-likeness (QED) is 0.734. The predicted molar refractivity (Wildman–Crippen MR) is 98.8 cm³/mol. The van der Waals surface area contributed by atoms with E-state index < -0.39 is 0 Å². The molecule has 0 spiro atoms. The van der Waals surface area contributed by atoms with E-state index in [0.717, 1.165) is 9.37 Å². The van der Waals surface area contributed by atoms with Crippen LogP contribution in [0, 0.1) is 0 Å². The first-order valence-electron chi connectivity index (χ1n) is 7.05. The van der Waals surface area contributed by atoms with Gasteiger partial charge in [0.25, 0.3) is 0 Å². The molecule has 2 N–H and O–H groups in total. The number of hydrogen-bond acceptors (Lipinski definition) is 3. The molecule has 1 atom stereocenters. The summed E-state index contributed by atoms with van der Waals surface area (Å²) >= 11 is 4.89. The molecular weight excluding hydrogens is 376 g/mol. The normalized spacial score (nSPS) is 11.6. The highest BCUT2D eigenvalue weighted by molar-refractivity contribution is 9.10. The molecule has 0 saturated carbocycles. The molecule has 6 heteroatoms. The van der Waals surface area contributed by atoms with Crippen LogP contribution in [0.1, 0.15) is 13.8 Å². The summed E-state index contributed by atoms with van der Waals surface area (Å²) in [5, 5.41) is 5.34. The molecule has 120 valence electrons. The van der Waals surface area contributed by atoms with Crippen molar-refractivity contribution in [1.82, 2.24) is 0 Å². The van der Waals surface area contributed by atoms with E-state index in [1.807, 2.05) is 31.2 Å². The van der Waals surface area contributed by atoms with Gasteiger partial charge in [-0.3, -0.25) is 9.59 Å².